The monoisotopic (exact) mass is 456 g/mol. The van der Waals surface area contributed by atoms with E-state index < -0.39 is 11.1 Å². The first-order valence-corrected chi connectivity index (χ1v) is 10.9. The van der Waals surface area contributed by atoms with E-state index in [1.54, 1.807) is 18.3 Å². The van der Waals surface area contributed by atoms with Gasteiger partial charge >= 0.3 is 11.1 Å². The normalized spacial score (nSPS) is 14.6. The van der Waals surface area contributed by atoms with E-state index in [0.717, 1.165) is 36.9 Å². The van der Waals surface area contributed by atoms with Crippen molar-refractivity contribution in [3.05, 3.63) is 68.3 Å². The lowest BCUT2D eigenvalue weighted by atomic mass is 10.2. The number of pyridine rings is 1. The standard InChI is InChI=1S/C22H25ClN6O3/c1-26-20-18(6-3-7-25-20)29(22(32)21(26)31)15-19(30)24-8-9-27-10-12-28(13-11-27)17-5-2-4-16(23)14-17/h2-7,14H,8-13,15H2,1H3,(H,24,30). The Balaban J connectivity index is 1.30. The van der Waals surface area contributed by atoms with Gasteiger partial charge in [0.1, 0.15) is 6.54 Å². The second-order valence-electron chi connectivity index (χ2n) is 7.76. The lowest BCUT2D eigenvalue weighted by Crippen LogP contribution is -2.49. The van der Waals surface area contributed by atoms with Crippen molar-refractivity contribution in [3.63, 3.8) is 0 Å². The molecule has 0 atom stereocenters. The number of amides is 1. The summed E-state index contributed by atoms with van der Waals surface area (Å²) in [6.45, 7) is 4.49. The molecular formula is C22H25ClN6O3. The van der Waals surface area contributed by atoms with Crippen LogP contribution in [0.5, 0.6) is 0 Å². The molecular weight excluding hydrogens is 432 g/mol. The molecule has 32 heavy (non-hydrogen) atoms. The fraction of sp³-hybridized carbons (Fsp3) is 0.364. The summed E-state index contributed by atoms with van der Waals surface area (Å²) in [5.74, 6) is -0.317. The molecule has 0 radical (unpaired) electrons. The zero-order chi connectivity index (χ0) is 22.7. The smallest absolute Gasteiger partial charge is 0.317 e. The Morgan fingerprint density at radius 2 is 1.88 bits per heavy atom. The van der Waals surface area contributed by atoms with Crippen molar-refractivity contribution in [1.82, 2.24) is 24.3 Å². The average molecular weight is 457 g/mol. The van der Waals surface area contributed by atoms with E-state index in [1.165, 1.54) is 16.2 Å². The molecule has 9 nitrogen and oxygen atoms in total. The zero-order valence-electron chi connectivity index (χ0n) is 17.8. The molecule has 0 bridgehead atoms. The van der Waals surface area contributed by atoms with Gasteiger partial charge < -0.3 is 10.2 Å². The molecule has 0 aliphatic carbocycles. The Bertz CT molecular complexity index is 1250. The third kappa shape index (κ3) is 4.68. The van der Waals surface area contributed by atoms with Crippen LogP contribution in [0, 0.1) is 0 Å². The van der Waals surface area contributed by atoms with Gasteiger partial charge in [-0.05, 0) is 30.3 Å². The quantitative estimate of drug-likeness (QED) is 0.548. The van der Waals surface area contributed by atoms with E-state index in [-0.39, 0.29) is 12.5 Å². The number of rotatable bonds is 6. The molecule has 1 aliphatic heterocycles. The van der Waals surface area contributed by atoms with Gasteiger partial charge in [0.05, 0.1) is 5.52 Å². The van der Waals surface area contributed by atoms with Gasteiger partial charge in [0.15, 0.2) is 5.65 Å². The average Bonchev–Trinajstić information content (AvgIpc) is 2.81. The van der Waals surface area contributed by atoms with Crippen LogP contribution in [0.1, 0.15) is 0 Å². The number of aromatic nitrogens is 3. The number of hydrogen-bond acceptors (Lipinski definition) is 6. The Kier molecular flexibility index (Phi) is 6.57. The van der Waals surface area contributed by atoms with Crippen molar-refractivity contribution < 1.29 is 4.79 Å². The molecule has 1 N–H and O–H groups in total. The molecule has 1 fully saturated rings. The van der Waals surface area contributed by atoms with E-state index in [2.05, 4.69) is 26.2 Å². The third-order valence-electron chi connectivity index (χ3n) is 5.70. The third-order valence-corrected chi connectivity index (χ3v) is 5.94. The van der Waals surface area contributed by atoms with Crippen LogP contribution in [0.2, 0.25) is 5.02 Å². The molecule has 0 saturated carbocycles. The van der Waals surface area contributed by atoms with Gasteiger partial charge in [-0.15, -0.1) is 0 Å². The van der Waals surface area contributed by atoms with Crippen LogP contribution in [0.4, 0.5) is 5.69 Å². The summed E-state index contributed by atoms with van der Waals surface area (Å²) < 4.78 is 2.39. The minimum Gasteiger partial charge on any atom is -0.369 e. The molecule has 0 unspecified atom stereocenters. The summed E-state index contributed by atoms with van der Waals surface area (Å²) in [5.41, 5.74) is 0.489. The molecule has 1 saturated heterocycles. The van der Waals surface area contributed by atoms with Crippen molar-refractivity contribution >= 4 is 34.4 Å². The summed E-state index contributed by atoms with van der Waals surface area (Å²) in [6.07, 6.45) is 1.54. The number of carbonyl (C=O) groups excluding carboxylic acids is 1. The molecule has 1 amide bonds. The maximum atomic E-state index is 12.5. The number of halogens is 1. The van der Waals surface area contributed by atoms with Crippen molar-refractivity contribution in [2.75, 3.05) is 44.2 Å². The summed E-state index contributed by atoms with van der Waals surface area (Å²) in [5, 5.41) is 3.58. The highest BCUT2D eigenvalue weighted by molar-refractivity contribution is 6.30. The van der Waals surface area contributed by atoms with Crippen molar-refractivity contribution in [2.24, 2.45) is 7.05 Å². The molecule has 168 valence electrons. The Morgan fingerprint density at radius 3 is 2.62 bits per heavy atom. The van der Waals surface area contributed by atoms with Crippen LogP contribution in [0.25, 0.3) is 11.2 Å². The molecule has 3 heterocycles. The van der Waals surface area contributed by atoms with Gasteiger partial charge in [0.25, 0.3) is 0 Å². The van der Waals surface area contributed by atoms with Gasteiger partial charge in [-0.1, -0.05) is 17.7 Å². The zero-order valence-corrected chi connectivity index (χ0v) is 18.6. The fourth-order valence-corrected chi connectivity index (χ4v) is 4.12. The maximum Gasteiger partial charge on any atom is 0.317 e. The number of aryl methyl sites for hydroxylation is 1. The minimum absolute atomic E-state index is 0.223. The summed E-state index contributed by atoms with van der Waals surface area (Å²) in [7, 11) is 1.50. The number of nitrogens with one attached hydrogen (secondary N) is 1. The molecule has 1 aromatic carbocycles. The van der Waals surface area contributed by atoms with Gasteiger partial charge in [-0.2, -0.15) is 0 Å². The molecule has 4 rings (SSSR count). The molecule has 10 heteroatoms. The highest BCUT2D eigenvalue weighted by Crippen LogP contribution is 2.20. The maximum absolute atomic E-state index is 12.5. The number of fused-ring (bicyclic) bond motifs is 1. The highest BCUT2D eigenvalue weighted by Gasteiger charge is 2.18. The molecule has 1 aliphatic rings. The lowest BCUT2D eigenvalue weighted by molar-refractivity contribution is -0.121. The van der Waals surface area contributed by atoms with E-state index in [4.69, 9.17) is 11.6 Å². The van der Waals surface area contributed by atoms with Crippen molar-refractivity contribution in [2.45, 2.75) is 6.54 Å². The van der Waals surface area contributed by atoms with Crippen LogP contribution in [0.3, 0.4) is 0 Å². The van der Waals surface area contributed by atoms with E-state index in [0.29, 0.717) is 24.3 Å². The number of hydrogen-bond donors (Lipinski definition) is 1. The predicted molar refractivity (Wildman–Crippen MR) is 124 cm³/mol. The second kappa shape index (κ2) is 9.54. The topological polar surface area (TPSA) is 92.5 Å². The number of nitrogens with zero attached hydrogens (tertiary/aromatic N) is 5. The van der Waals surface area contributed by atoms with E-state index in [1.807, 2.05) is 18.2 Å². The Morgan fingerprint density at radius 1 is 1.09 bits per heavy atom. The van der Waals surface area contributed by atoms with Crippen LogP contribution >= 0.6 is 11.6 Å². The molecule has 0 spiro atoms. The fourth-order valence-electron chi connectivity index (χ4n) is 3.93. The van der Waals surface area contributed by atoms with Crippen molar-refractivity contribution in [3.8, 4) is 0 Å². The van der Waals surface area contributed by atoms with Crippen LogP contribution in [-0.4, -0.2) is 64.2 Å². The number of benzene rings is 1. The van der Waals surface area contributed by atoms with Gasteiger partial charge in [0, 0.05) is 63.2 Å². The van der Waals surface area contributed by atoms with E-state index in [9.17, 15) is 14.4 Å². The summed E-state index contributed by atoms with van der Waals surface area (Å²) >= 11 is 6.09. The minimum atomic E-state index is -0.736. The van der Waals surface area contributed by atoms with Gasteiger partial charge in [-0.3, -0.25) is 28.4 Å². The number of carbonyl (C=O) groups is 1. The Hall–Kier alpha value is -3.17. The Labute approximate surface area is 189 Å². The second-order valence-corrected chi connectivity index (χ2v) is 8.20. The predicted octanol–water partition coefficient (Wildman–Crippen LogP) is 0.687. The molecule has 3 aromatic rings. The van der Waals surface area contributed by atoms with E-state index >= 15 is 0 Å². The van der Waals surface area contributed by atoms with Crippen LogP contribution in [-0.2, 0) is 18.4 Å². The molecule has 2 aromatic heterocycles. The van der Waals surface area contributed by atoms with Crippen LogP contribution in [0.15, 0.2) is 52.2 Å². The van der Waals surface area contributed by atoms with Crippen molar-refractivity contribution in [1.29, 1.82) is 0 Å². The first-order chi connectivity index (χ1) is 15.4. The first kappa shape index (κ1) is 22.0. The lowest BCUT2D eigenvalue weighted by Gasteiger charge is -2.36. The highest BCUT2D eigenvalue weighted by atomic mass is 35.5. The van der Waals surface area contributed by atoms with Gasteiger partial charge in [0.2, 0.25) is 5.91 Å². The number of piperazine rings is 1. The number of anilines is 1. The largest absolute Gasteiger partial charge is 0.369 e. The van der Waals surface area contributed by atoms with Gasteiger partial charge in [-0.25, -0.2) is 4.98 Å². The SMILES string of the molecule is Cn1c(=O)c(=O)n(CC(=O)NCCN2CCN(c3cccc(Cl)c3)CC2)c2cccnc21. The summed E-state index contributed by atoms with van der Waals surface area (Å²) in [4.78, 5) is 45.8. The summed E-state index contributed by atoms with van der Waals surface area (Å²) in [6, 6.07) is 11.2. The van der Waals surface area contributed by atoms with Crippen LogP contribution < -0.4 is 21.3 Å². The first-order valence-electron chi connectivity index (χ1n) is 10.5.